The Morgan fingerprint density at radius 1 is 0.833 bits per heavy atom. The molecule has 0 radical (unpaired) electrons. The Kier molecular flexibility index (Phi) is 8.97. The second-order valence-electron chi connectivity index (χ2n) is 5.86. The maximum absolute atomic E-state index is 11.5. The second kappa shape index (κ2) is 10.4. The van der Waals surface area contributed by atoms with Crippen LogP contribution in [-0.4, -0.2) is 12.6 Å². The molecule has 0 bridgehead atoms. The van der Waals surface area contributed by atoms with E-state index in [9.17, 15) is 4.79 Å². The zero-order valence-corrected chi connectivity index (χ0v) is 12.1. The van der Waals surface area contributed by atoms with E-state index in [2.05, 4.69) is 6.92 Å². The molecule has 18 heavy (non-hydrogen) atoms. The minimum atomic E-state index is 0.00828. The number of carbonyl (C=O) groups is 1. The van der Waals surface area contributed by atoms with Gasteiger partial charge in [0.25, 0.3) is 0 Å². The van der Waals surface area contributed by atoms with E-state index < -0.39 is 0 Å². The molecule has 0 unspecified atom stereocenters. The predicted molar refractivity (Wildman–Crippen MR) is 75.5 cm³/mol. The van der Waals surface area contributed by atoms with Crippen LogP contribution in [0.4, 0.5) is 0 Å². The molecule has 0 saturated carbocycles. The maximum Gasteiger partial charge on any atom is 0.305 e. The average Bonchev–Trinajstić information content (AvgIpc) is 2.36. The van der Waals surface area contributed by atoms with Gasteiger partial charge in [-0.15, -0.1) is 0 Å². The maximum atomic E-state index is 11.5. The molecule has 1 aliphatic heterocycles. The van der Waals surface area contributed by atoms with Crippen LogP contribution in [0, 0.1) is 5.92 Å². The zero-order chi connectivity index (χ0) is 13.1. The Morgan fingerprint density at radius 3 is 1.94 bits per heavy atom. The van der Waals surface area contributed by atoms with Crippen LogP contribution in [0.15, 0.2) is 0 Å². The molecule has 1 fully saturated rings. The van der Waals surface area contributed by atoms with E-state index >= 15 is 0 Å². The second-order valence-corrected chi connectivity index (χ2v) is 5.86. The molecule has 106 valence electrons. The van der Waals surface area contributed by atoms with Gasteiger partial charge in [0.1, 0.15) is 0 Å². The zero-order valence-electron chi connectivity index (χ0n) is 12.1. The van der Waals surface area contributed by atoms with E-state index in [1.807, 2.05) is 0 Å². The fourth-order valence-electron chi connectivity index (χ4n) is 2.57. The quantitative estimate of drug-likeness (QED) is 0.577. The number of carbonyl (C=O) groups excluding carboxylic acids is 1. The summed E-state index contributed by atoms with van der Waals surface area (Å²) < 4.78 is 5.32. The minimum Gasteiger partial charge on any atom is -0.465 e. The highest BCUT2D eigenvalue weighted by Gasteiger charge is 2.07. The van der Waals surface area contributed by atoms with Crippen molar-refractivity contribution in [1.82, 2.24) is 0 Å². The van der Waals surface area contributed by atoms with Crippen LogP contribution < -0.4 is 0 Å². The van der Waals surface area contributed by atoms with Crippen molar-refractivity contribution in [2.75, 3.05) is 6.61 Å². The first-order valence-corrected chi connectivity index (χ1v) is 7.94. The van der Waals surface area contributed by atoms with Crippen molar-refractivity contribution in [3.8, 4) is 0 Å². The lowest BCUT2D eigenvalue weighted by Crippen LogP contribution is -2.11. The number of rotatable bonds is 0. The third kappa shape index (κ3) is 8.54. The molecule has 0 N–H and O–H groups in total. The fourth-order valence-corrected chi connectivity index (χ4v) is 2.57. The number of hydrogen-bond acceptors (Lipinski definition) is 2. The minimum absolute atomic E-state index is 0.00828. The molecule has 0 amide bonds. The summed E-state index contributed by atoms with van der Waals surface area (Å²) in [5.41, 5.74) is 0. The largest absolute Gasteiger partial charge is 0.465 e. The topological polar surface area (TPSA) is 26.3 Å². The van der Waals surface area contributed by atoms with Crippen LogP contribution in [0.3, 0.4) is 0 Å². The summed E-state index contributed by atoms with van der Waals surface area (Å²) in [5.74, 6) is 0.538. The summed E-state index contributed by atoms with van der Waals surface area (Å²) in [6.07, 6.45) is 14.8. The monoisotopic (exact) mass is 254 g/mol. The number of hydrogen-bond donors (Lipinski definition) is 0. The molecular weight excluding hydrogens is 224 g/mol. The molecule has 2 nitrogen and oxygen atoms in total. The van der Waals surface area contributed by atoms with Crippen LogP contribution in [0.25, 0.3) is 0 Å². The van der Waals surface area contributed by atoms with Gasteiger partial charge >= 0.3 is 5.97 Å². The molecular formula is C16H30O2. The van der Waals surface area contributed by atoms with E-state index in [0.29, 0.717) is 18.9 Å². The van der Waals surface area contributed by atoms with Crippen molar-refractivity contribution in [3.05, 3.63) is 0 Å². The highest BCUT2D eigenvalue weighted by atomic mass is 16.5. The van der Waals surface area contributed by atoms with Crippen LogP contribution >= 0.6 is 0 Å². The lowest BCUT2D eigenvalue weighted by Gasteiger charge is -2.12. The van der Waals surface area contributed by atoms with Gasteiger partial charge in [-0.3, -0.25) is 4.79 Å². The molecule has 1 saturated heterocycles. The SMILES string of the molecule is C[C@@H]1CCCCCCCCCCCCC(=O)OC1. The van der Waals surface area contributed by atoms with Crippen molar-refractivity contribution in [1.29, 1.82) is 0 Å². The summed E-state index contributed by atoms with van der Waals surface area (Å²) >= 11 is 0. The Bertz CT molecular complexity index is 213. The smallest absolute Gasteiger partial charge is 0.305 e. The van der Waals surface area contributed by atoms with Crippen molar-refractivity contribution in [3.63, 3.8) is 0 Å². The third-order valence-electron chi connectivity index (χ3n) is 3.86. The molecule has 0 spiro atoms. The summed E-state index contributed by atoms with van der Waals surface area (Å²) in [6, 6.07) is 0. The fraction of sp³-hybridized carbons (Fsp3) is 0.938. The number of esters is 1. The highest BCUT2D eigenvalue weighted by molar-refractivity contribution is 5.69. The third-order valence-corrected chi connectivity index (χ3v) is 3.86. The average molecular weight is 254 g/mol. The summed E-state index contributed by atoms with van der Waals surface area (Å²) in [6.45, 7) is 2.81. The first-order chi connectivity index (χ1) is 8.79. The molecule has 2 heteroatoms. The van der Waals surface area contributed by atoms with Gasteiger partial charge in [-0.1, -0.05) is 64.7 Å². The van der Waals surface area contributed by atoms with Gasteiger partial charge in [-0.05, 0) is 18.8 Å². The molecule has 1 heterocycles. The normalized spacial score (nSPS) is 26.5. The van der Waals surface area contributed by atoms with E-state index in [1.54, 1.807) is 0 Å². The predicted octanol–water partition coefficient (Wildman–Crippen LogP) is 4.86. The molecule has 0 aliphatic carbocycles. The van der Waals surface area contributed by atoms with Gasteiger partial charge in [-0.2, -0.15) is 0 Å². The van der Waals surface area contributed by atoms with E-state index in [0.717, 1.165) is 6.42 Å². The van der Waals surface area contributed by atoms with Crippen molar-refractivity contribution in [2.45, 2.75) is 84.0 Å². The van der Waals surface area contributed by atoms with Crippen LogP contribution in [-0.2, 0) is 9.53 Å². The first kappa shape index (κ1) is 15.5. The molecule has 0 aromatic carbocycles. The van der Waals surface area contributed by atoms with Crippen molar-refractivity contribution in [2.24, 2.45) is 5.92 Å². The van der Waals surface area contributed by atoms with Gasteiger partial charge in [0, 0.05) is 6.42 Å². The van der Waals surface area contributed by atoms with E-state index in [4.69, 9.17) is 4.74 Å². The van der Waals surface area contributed by atoms with E-state index in [1.165, 1.54) is 64.2 Å². The van der Waals surface area contributed by atoms with Crippen molar-refractivity contribution >= 4 is 5.97 Å². The summed E-state index contributed by atoms with van der Waals surface area (Å²) in [5, 5.41) is 0. The Morgan fingerprint density at radius 2 is 1.33 bits per heavy atom. The summed E-state index contributed by atoms with van der Waals surface area (Å²) in [7, 11) is 0. The summed E-state index contributed by atoms with van der Waals surface area (Å²) in [4.78, 5) is 11.5. The first-order valence-electron chi connectivity index (χ1n) is 7.94. The molecule has 1 atom stereocenters. The number of ether oxygens (including phenoxy) is 1. The Hall–Kier alpha value is -0.530. The van der Waals surface area contributed by atoms with Crippen LogP contribution in [0.5, 0.6) is 0 Å². The molecule has 1 aliphatic rings. The molecule has 0 aromatic heterocycles. The van der Waals surface area contributed by atoms with Gasteiger partial charge in [0.2, 0.25) is 0 Å². The van der Waals surface area contributed by atoms with Crippen LogP contribution in [0.1, 0.15) is 84.0 Å². The van der Waals surface area contributed by atoms with Gasteiger partial charge in [0.05, 0.1) is 6.61 Å². The molecule has 1 rings (SSSR count). The lowest BCUT2D eigenvalue weighted by atomic mass is 10.0. The number of cyclic esters (lactones) is 1. The standard InChI is InChI=1S/C16H30O2/c1-15-12-10-8-6-4-2-3-5-7-9-11-13-16(17)18-14-15/h15H,2-14H2,1H3/t15-/m1/s1. The Labute approximate surface area is 112 Å². The van der Waals surface area contributed by atoms with Gasteiger partial charge in [-0.25, -0.2) is 0 Å². The lowest BCUT2D eigenvalue weighted by molar-refractivity contribution is -0.145. The van der Waals surface area contributed by atoms with Crippen LogP contribution in [0.2, 0.25) is 0 Å². The van der Waals surface area contributed by atoms with Gasteiger partial charge < -0.3 is 4.74 Å². The highest BCUT2D eigenvalue weighted by Crippen LogP contribution is 2.15. The van der Waals surface area contributed by atoms with E-state index in [-0.39, 0.29) is 5.97 Å². The molecule has 0 aromatic rings. The Balaban J connectivity index is 2.21. The van der Waals surface area contributed by atoms with Gasteiger partial charge in [0.15, 0.2) is 0 Å². The van der Waals surface area contributed by atoms with Crippen molar-refractivity contribution < 1.29 is 9.53 Å².